The molecule has 5 heteroatoms. The zero-order chi connectivity index (χ0) is 15.1. The quantitative estimate of drug-likeness (QED) is 0.841. The Balaban J connectivity index is 1.83. The summed E-state index contributed by atoms with van der Waals surface area (Å²) < 4.78 is 13.7. The summed E-state index contributed by atoms with van der Waals surface area (Å²) in [5, 5.41) is 11.9. The molecule has 0 heterocycles. The first-order chi connectivity index (χ1) is 9.97. The highest BCUT2D eigenvalue weighted by atomic mass is 19.1. The van der Waals surface area contributed by atoms with Crippen molar-refractivity contribution in [2.45, 2.75) is 13.3 Å². The van der Waals surface area contributed by atoms with E-state index in [1.54, 1.807) is 19.1 Å². The number of anilines is 1. The molecule has 4 nitrogen and oxygen atoms in total. The molecule has 2 aliphatic carbocycles. The number of carboxylic acids is 1. The monoisotopic (exact) mass is 289 g/mol. The van der Waals surface area contributed by atoms with Crippen molar-refractivity contribution >= 4 is 17.6 Å². The van der Waals surface area contributed by atoms with Gasteiger partial charge in [-0.3, -0.25) is 9.59 Å². The topological polar surface area (TPSA) is 66.4 Å². The molecular formula is C16H16FNO3. The number of benzene rings is 1. The fourth-order valence-corrected chi connectivity index (χ4v) is 3.47. The fourth-order valence-electron chi connectivity index (χ4n) is 3.47. The molecule has 2 N–H and O–H groups in total. The first kappa shape index (κ1) is 13.8. The van der Waals surface area contributed by atoms with Crippen molar-refractivity contribution in [3.05, 3.63) is 41.7 Å². The van der Waals surface area contributed by atoms with Crippen LogP contribution in [0.2, 0.25) is 0 Å². The zero-order valence-electron chi connectivity index (χ0n) is 11.5. The molecule has 0 aliphatic heterocycles. The standard InChI is InChI=1S/C16H16FNO3/c1-8-2-5-11(17)12(6-8)18-15(19)13-9-3-4-10(7-9)14(13)16(20)21/h2-6,9-10,13-14H,7H2,1H3,(H,18,19)(H,20,21). The smallest absolute Gasteiger partial charge is 0.307 e. The lowest BCUT2D eigenvalue weighted by molar-refractivity contribution is -0.146. The van der Waals surface area contributed by atoms with Gasteiger partial charge in [0.1, 0.15) is 5.82 Å². The molecule has 0 aromatic heterocycles. The van der Waals surface area contributed by atoms with Gasteiger partial charge in [-0.1, -0.05) is 18.2 Å². The Morgan fingerprint density at radius 3 is 2.57 bits per heavy atom. The van der Waals surface area contributed by atoms with Crippen molar-refractivity contribution in [1.29, 1.82) is 0 Å². The molecule has 4 atom stereocenters. The van der Waals surface area contributed by atoms with E-state index < -0.39 is 29.5 Å². The number of allylic oxidation sites excluding steroid dienone is 2. The van der Waals surface area contributed by atoms with Crippen LogP contribution in [0, 0.1) is 36.4 Å². The van der Waals surface area contributed by atoms with E-state index in [1.165, 1.54) is 6.07 Å². The van der Waals surface area contributed by atoms with Gasteiger partial charge in [-0.05, 0) is 42.9 Å². The predicted molar refractivity (Wildman–Crippen MR) is 75.1 cm³/mol. The van der Waals surface area contributed by atoms with Crippen molar-refractivity contribution in [2.75, 3.05) is 5.32 Å². The van der Waals surface area contributed by atoms with Crippen LogP contribution >= 0.6 is 0 Å². The maximum Gasteiger partial charge on any atom is 0.307 e. The second-order valence-corrected chi connectivity index (χ2v) is 5.81. The van der Waals surface area contributed by atoms with Gasteiger partial charge in [0.25, 0.3) is 0 Å². The molecular weight excluding hydrogens is 273 g/mol. The van der Waals surface area contributed by atoms with Crippen molar-refractivity contribution in [1.82, 2.24) is 0 Å². The van der Waals surface area contributed by atoms with Crippen molar-refractivity contribution < 1.29 is 19.1 Å². The van der Waals surface area contributed by atoms with Crippen LogP contribution in [0.3, 0.4) is 0 Å². The highest BCUT2D eigenvalue weighted by Crippen LogP contribution is 2.48. The first-order valence-electron chi connectivity index (χ1n) is 6.95. The number of rotatable bonds is 3. The average Bonchev–Trinajstić information content (AvgIpc) is 3.03. The summed E-state index contributed by atoms with van der Waals surface area (Å²) in [7, 11) is 0. The minimum Gasteiger partial charge on any atom is -0.481 e. The van der Waals surface area contributed by atoms with E-state index in [0.717, 1.165) is 5.56 Å². The molecule has 2 bridgehead atoms. The van der Waals surface area contributed by atoms with Crippen LogP contribution in [0.5, 0.6) is 0 Å². The van der Waals surface area contributed by atoms with E-state index in [0.29, 0.717) is 6.42 Å². The van der Waals surface area contributed by atoms with Crippen LogP contribution in [0.15, 0.2) is 30.4 Å². The molecule has 1 fully saturated rings. The van der Waals surface area contributed by atoms with E-state index in [-0.39, 0.29) is 17.5 Å². The highest BCUT2D eigenvalue weighted by molar-refractivity contribution is 5.96. The van der Waals surface area contributed by atoms with Gasteiger partial charge in [0.15, 0.2) is 0 Å². The Hall–Kier alpha value is -2.17. The molecule has 4 unspecified atom stereocenters. The van der Waals surface area contributed by atoms with Crippen LogP contribution in [0.25, 0.3) is 0 Å². The number of carbonyl (C=O) groups excluding carboxylic acids is 1. The van der Waals surface area contributed by atoms with Gasteiger partial charge >= 0.3 is 5.97 Å². The number of aliphatic carboxylic acids is 1. The lowest BCUT2D eigenvalue weighted by Crippen LogP contribution is -2.36. The number of amides is 1. The van der Waals surface area contributed by atoms with Crippen LogP contribution in [0.1, 0.15) is 12.0 Å². The Kier molecular flexibility index (Phi) is 3.27. The summed E-state index contributed by atoms with van der Waals surface area (Å²) in [5.41, 5.74) is 0.935. The van der Waals surface area contributed by atoms with Gasteiger partial charge < -0.3 is 10.4 Å². The second kappa shape index (κ2) is 4.98. The van der Waals surface area contributed by atoms with Gasteiger partial charge in [0.2, 0.25) is 5.91 Å². The SMILES string of the molecule is Cc1ccc(F)c(NC(=O)C2C3C=CC(C3)C2C(=O)O)c1. The summed E-state index contributed by atoms with van der Waals surface area (Å²) >= 11 is 0. The number of halogens is 1. The molecule has 1 aromatic carbocycles. The number of nitrogens with one attached hydrogen (secondary N) is 1. The third-order valence-corrected chi connectivity index (χ3v) is 4.43. The molecule has 0 spiro atoms. The molecule has 110 valence electrons. The number of hydrogen-bond acceptors (Lipinski definition) is 2. The van der Waals surface area contributed by atoms with Crippen molar-refractivity contribution in [3.8, 4) is 0 Å². The lowest BCUT2D eigenvalue weighted by atomic mass is 9.82. The summed E-state index contributed by atoms with van der Waals surface area (Å²) in [4.78, 5) is 23.8. The molecule has 1 amide bonds. The lowest BCUT2D eigenvalue weighted by Gasteiger charge is -2.24. The van der Waals surface area contributed by atoms with Crippen LogP contribution in [-0.4, -0.2) is 17.0 Å². The first-order valence-corrected chi connectivity index (χ1v) is 6.95. The molecule has 0 radical (unpaired) electrons. The Morgan fingerprint density at radius 1 is 1.24 bits per heavy atom. The molecule has 1 aromatic rings. The molecule has 2 aliphatic rings. The maximum absolute atomic E-state index is 13.7. The van der Waals surface area contributed by atoms with Crippen molar-refractivity contribution in [3.63, 3.8) is 0 Å². The zero-order valence-corrected chi connectivity index (χ0v) is 11.5. The van der Waals surface area contributed by atoms with E-state index in [9.17, 15) is 19.1 Å². The van der Waals surface area contributed by atoms with Crippen LogP contribution in [-0.2, 0) is 9.59 Å². The molecule has 0 saturated heterocycles. The Morgan fingerprint density at radius 2 is 1.90 bits per heavy atom. The minimum absolute atomic E-state index is 0.0658. The largest absolute Gasteiger partial charge is 0.481 e. The third-order valence-electron chi connectivity index (χ3n) is 4.43. The van der Waals surface area contributed by atoms with Gasteiger partial charge in [-0.15, -0.1) is 0 Å². The maximum atomic E-state index is 13.7. The number of carboxylic acid groups (broad SMARTS) is 1. The van der Waals surface area contributed by atoms with Crippen LogP contribution < -0.4 is 5.32 Å². The van der Waals surface area contributed by atoms with E-state index in [1.807, 2.05) is 12.2 Å². The van der Waals surface area contributed by atoms with Crippen molar-refractivity contribution in [2.24, 2.45) is 23.7 Å². The summed E-state index contributed by atoms with van der Waals surface area (Å²) in [6.45, 7) is 1.80. The van der Waals surface area contributed by atoms with Crippen LogP contribution in [0.4, 0.5) is 10.1 Å². The Labute approximate surface area is 121 Å². The van der Waals surface area contributed by atoms with E-state index >= 15 is 0 Å². The predicted octanol–water partition coefficient (Wildman–Crippen LogP) is 2.60. The average molecular weight is 289 g/mol. The van der Waals surface area contributed by atoms with E-state index in [2.05, 4.69) is 5.32 Å². The van der Waals surface area contributed by atoms with E-state index in [4.69, 9.17) is 0 Å². The normalized spacial score (nSPS) is 29.6. The summed E-state index contributed by atoms with van der Waals surface area (Å²) in [6, 6.07) is 4.46. The van der Waals surface area contributed by atoms with Gasteiger partial charge in [-0.25, -0.2) is 4.39 Å². The molecule has 1 saturated carbocycles. The third kappa shape index (κ3) is 2.33. The molecule has 3 rings (SSSR count). The van der Waals surface area contributed by atoms with Gasteiger partial charge in [0, 0.05) is 0 Å². The summed E-state index contributed by atoms with van der Waals surface area (Å²) in [6.07, 6.45) is 4.47. The number of hydrogen-bond donors (Lipinski definition) is 2. The fraction of sp³-hybridized carbons (Fsp3) is 0.375. The van der Waals surface area contributed by atoms with Gasteiger partial charge in [0.05, 0.1) is 17.5 Å². The summed E-state index contributed by atoms with van der Waals surface area (Å²) in [5.74, 6) is -3.39. The number of fused-ring (bicyclic) bond motifs is 2. The highest BCUT2D eigenvalue weighted by Gasteiger charge is 2.51. The second-order valence-electron chi connectivity index (χ2n) is 5.81. The molecule has 21 heavy (non-hydrogen) atoms. The minimum atomic E-state index is -0.961. The number of carbonyl (C=O) groups is 2. The van der Waals surface area contributed by atoms with Gasteiger partial charge in [-0.2, -0.15) is 0 Å². The number of aryl methyl sites for hydroxylation is 1. The Bertz CT molecular complexity index is 640.